The summed E-state index contributed by atoms with van der Waals surface area (Å²) in [4.78, 5) is 1.15. The van der Waals surface area contributed by atoms with Gasteiger partial charge in [0.1, 0.15) is 5.82 Å². The van der Waals surface area contributed by atoms with E-state index >= 15 is 0 Å². The summed E-state index contributed by atoms with van der Waals surface area (Å²) in [5, 5.41) is 19.4. The number of aliphatic hydroxyl groups excluding tert-OH is 1. The molecular weight excluding hydrogens is 282 g/mol. The van der Waals surface area contributed by atoms with Crippen molar-refractivity contribution in [1.29, 1.82) is 0 Å². The van der Waals surface area contributed by atoms with E-state index in [1.54, 1.807) is 18.7 Å². The van der Waals surface area contributed by atoms with Gasteiger partial charge in [0.05, 0.1) is 6.10 Å². The van der Waals surface area contributed by atoms with Crippen LogP contribution in [0.25, 0.3) is 0 Å². The van der Waals surface area contributed by atoms with Crippen LogP contribution >= 0.6 is 11.8 Å². The molecule has 1 unspecified atom stereocenters. The van der Waals surface area contributed by atoms with Crippen LogP contribution in [-0.2, 0) is 0 Å². The highest BCUT2D eigenvalue weighted by atomic mass is 32.2. The molecule has 2 aromatic rings. The number of rotatable bonds is 5. The molecular formula is C16H19N3OS. The molecule has 1 aromatic heterocycles. The third kappa shape index (κ3) is 2.72. The van der Waals surface area contributed by atoms with Gasteiger partial charge in [0, 0.05) is 16.9 Å². The van der Waals surface area contributed by atoms with Crippen LogP contribution in [0.3, 0.4) is 0 Å². The quantitative estimate of drug-likeness (QED) is 0.915. The molecule has 5 heteroatoms. The molecule has 1 aromatic carbocycles. The average Bonchev–Trinajstić information content (AvgIpc) is 3.39. The zero-order valence-corrected chi connectivity index (χ0v) is 12.9. The second-order valence-corrected chi connectivity index (χ2v) is 7.10. The Balaban J connectivity index is 1.59. The highest BCUT2D eigenvalue weighted by Crippen LogP contribution is 2.46. The lowest BCUT2D eigenvalue weighted by atomic mass is 10.1. The molecule has 0 saturated heterocycles. The van der Waals surface area contributed by atoms with Gasteiger partial charge in [-0.25, -0.2) is 0 Å². The van der Waals surface area contributed by atoms with E-state index < -0.39 is 6.10 Å². The second kappa shape index (κ2) is 5.14. The normalized spacial score (nSPS) is 19.7. The zero-order valence-electron chi connectivity index (χ0n) is 12.1. The lowest BCUT2D eigenvalue weighted by Crippen LogP contribution is -2.01. The van der Waals surface area contributed by atoms with Crippen LogP contribution in [0.4, 0.5) is 0 Å². The first-order valence-corrected chi connectivity index (χ1v) is 8.44. The Labute approximate surface area is 128 Å². The van der Waals surface area contributed by atoms with Crippen LogP contribution in [0.1, 0.15) is 62.1 Å². The number of nitrogens with zero attached hydrogens (tertiary/aromatic N) is 3. The van der Waals surface area contributed by atoms with Crippen molar-refractivity contribution in [3.8, 4) is 0 Å². The minimum atomic E-state index is -0.416. The lowest BCUT2D eigenvalue weighted by molar-refractivity contribution is 0.199. The minimum absolute atomic E-state index is 0.416. The van der Waals surface area contributed by atoms with Gasteiger partial charge in [-0.05, 0) is 62.1 Å². The van der Waals surface area contributed by atoms with E-state index in [1.807, 2.05) is 12.1 Å². The van der Waals surface area contributed by atoms with Gasteiger partial charge in [0.15, 0.2) is 5.16 Å². The molecule has 2 fully saturated rings. The maximum atomic E-state index is 9.57. The molecule has 1 atom stereocenters. The molecule has 110 valence electrons. The fraction of sp³-hybridized carbons (Fsp3) is 0.500. The minimum Gasteiger partial charge on any atom is -0.389 e. The SMILES string of the molecule is CC(O)c1ccc(Sc2nnc(C3CC3)n2C2CC2)cc1. The van der Waals surface area contributed by atoms with E-state index in [0.717, 1.165) is 15.6 Å². The smallest absolute Gasteiger partial charge is 0.196 e. The van der Waals surface area contributed by atoms with Gasteiger partial charge in [-0.2, -0.15) is 0 Å². The van der Waals surface area contributed by atoms with Crippen molar-refractivity contribution < 1.29 is 5.11 Å². The summed E-state index contributed by atoms with van der Waals surface area (Å²) in [7, 11) is 0. The van der Waals surface area contributed by atoms with Crippen molar-refractivity contribution in [2.24, 2.45) is 0 Å². The van der Waals surface area contributed by atoms with Crippen molar-refractivity contribution in [3.05, 3.63) is 35.7 Å². The van der Waals surface area contributed by atoms with Crippen molar-refractivity contribution in [2.45, 2.75) is 60.7 Å². The van der Waals surface area contributed by atoms with Crippen LogP contribution in [0.15, 0.2) is 34.3 Å². The van der Waals surface area contributed by atoms with Crippen molar-refractivity contribution in [2.75, 3.05) is 0 Å². The first-order valence-electron chi connectivity index (χ1n) is 7.63. The molecule has 4 rings (SSSR count). The van der Waals surface area contributed by atoms with E-state index in [-0.39, 0.29) is 0 Å². The first-order chi connectivity index (χ1) is 10.2. The molecule has 2 saturated carbocycles. The number of hydrogen-bond donors (Lipinski definition) is 1. The summed E-state index contributed by atoms with van der Waals surface area (Å²) in [5.74, 6) is 1.84. The van der Waals surface area contributed by atoms with E-state index in [9.17, 15) is 5.11 Å². The molecule has 0 bridgehead atoms. The topological polar surface area (TPSA) is 50.9 Å². The number of aromatic nitrogens is 3. The maximum Gasteiger partial charge on any atom is 0.196 e. The lowest BCUT2D eigenvalue weighted by Gasteiger charge is -2.09. The summed E-state index contributed by atoms with van der Waals surface area (Å²) in [6, 6.07) is 8.68. The molecule has 0 amide bonds. The molecule has 0 aliphatic heterocycles. The first kappa shape index (κ1) is 13.3. The van der Waals surface area contributed by atoms with Gasteiger partial charge in [-0.15, -0.1) is 10.2 Å². The summed E-state index contributed by atoms with van der Waals surface area (Å²) in [6.07, 6.45) is 4.62. The van der Waals surface area contributed by atoms with Gasteiger partial charge in [-0.3, -0.25) is 0 Å². The molecule has 1 heterocycles. The highest BCUT2D eigenvalue weighted by molar-refractivity contribution is 7.99. The molecule has 2 aliphatic carbocycles. The van der Waals surface area contributed by atoms with E-state index in [2.05, 4.69) is 26.9 Å². The maximum absolute atomic E-state index is 9.57. The third-order valence-electron chi connectivity index (χ3n) is 4.12. The van der Waals surface area contributed by atoms with E-state index in [4.69, 9.17) is 0 Å². The fourth-order valence-electron chi connectivity index (χ4n) is 2.57. The van der Waals surface area contributed by atoms with Crippen LogP contribution < -0.4 is 0 Å². The third-order valence-corrected chi connectivity index (χ3v) is 5.09. The fourth-order valence-corrected chi connectivity index (χ4v) is 3.48. The molecule has 4 nitrogen and oxygen atoms in total. The monoisotopic (exact) mass is 301 g/mol. The molecule has 1 N–H and O–H groups in total. The van der Waals surface area contributed by atoms with E-state index in [1.165, 1.54) is 31.5 Å². The number of hydrogen-bond acceptors (Lipinski definition) is 4. The van der Waals surface area contributed by atoms with Crippen LogP contribution in [-0.4, -0.2) is 19.9 Å². The Bertz CT molecular complexity index is 642. The molecule has 0 radical (unpaired) electrons. The van der Waals surface area contributed by atoms with Crippen molar-refractivity contribution >= 4 is 11.8 Å². The summed E-state index contributed by atoms with van der Waals surface area (Å²) in [6.45, 7) is 1.79. The zero-order chi connectivity index (χ0) is 14.4. The molecule has 2 aliphatic rings. The highest BCUT2D eigenvalue weighted by Gasteiger charge is 2.36. The van der Waals surface area contributed by atoms with Gasteiger partial charge in [-0.1, -0.05) is 12.1 Å². The predicted octanol–water partition coefficient (Wildman–Crippen LogP) is 3.69. The van der Waals surface area contributed by atoms with Gasteiger partial charge in [0.25, 0.3) is 0 Å². The van der Waals surface area contributed by atoms with Gasteiger partial charge in [0.2, 0.25) is 0 Å². The predicted molar refractivity (Wildman–Crippen MR) is 81.5 cm³/mol. The average molecular weight is 301 g/mol. The largest absolute Gasteiger partial charge is 0.389 e. The second-order valence-electron chi connectivity index (χ2n) is 6.06. The number of aliphatic hydroxyl groups is 1. The van der Waals surface area contributed by atoms with Crippen molar-refractivity contribution in [3.63, 3.8) is 0 Å². The Morgan fingerprint density at radius 2 is 1.86 bits per heavy atom. The number of benzene rings is 1. The summed E-state index contributed by atoms with van der Waals surface area (Å²) >= 11 is 1.68. The Morgan fingerprint density at radius 3 is 2.43 bits per heavy atom. The van der Waals surface area contributed by atoms with Gasteiger partial charge < -0.3 is 9.67 Å². The Kier molecular flexibility index (Phi) is 3.27. The van der Waals surface area contributed by atoms with Crippen molar-refractivity contribution in [1.82, 2.24) is 14.8 Å². The standard InChI is InChI=1S/C16H19N3OS/c1-10(20)11-4-8-14(9-5-11)21-16-18-17-15(12-2-3-12)19(16)13-6-7-13/h4-5,8-10,12-13,20H,2-3,6-7H2,1H3. The molecule has 0 spiro atoms. The Morgan fingerprint density at radius 1 is 1.14 bits per heavy atom. The van der Waals surface area contributed by atoms with Crippen LogP contribution in [0, 0.1) is 0 Å². The van der Waals surface area contributed by atoms with Crippen LogP contribution in [0.5, 0.6) is 0 Å². The van der Waals surface area contributed by atoms with Gasteiger partial charge >= 0.3 is 0 Å². The summed E-state index contributed by atoms with van der Waals surface area (Å²) in [5.41, 5.74) is 0.946. The summed E-state index contributed by atoms with van der Waals surface area (Å²) < 4.78 is 2.37. The Hall–Kier alpha value is -1.33. The van der Waals surface area contributed by atoms with E-state index in [0.29, 0.717) is 12.0 Å². The molecule has 21 heavy (non-hydrogen) atoms. The van der Waals surface area contributed by atoms with Crippen LogP contribution in [0.2, 0.25) is 0 Å².